The van der Waals surface area contributed by atoms with E-state index in [1.165, 1.54) is 5.56 Å². The molecule has 0 fully saturated rings. The van der Waals surface area contributed by atoms with Crippen LogP contribution in [0.5, 0.6) is 0 Å². The normalized spacial score (nSPS) is 11.6. The van der Waals surface area contributed by atoms with Gasteiger partial charge in [0.05, 0.1) is 12.1 Å². The van der Waals surface area contributed by atoms with Gasteiger partial charge in [-0.15, -0.1) is 0 Å². The second kappa shape index (κ2) is 7.71. The number of carbonyl (C=O) groups is 1. The number of hydrogen-bond donors (Lipinski definition) is 3. The number of urea groups is 1. The number of amides is 2. The lowest BCUT2D eigenvalue weighted by atomic mass is 10.1. The van der Waals surface area contributed by atoms with Crippen molar-refractivity contribution in [1.82, 2.24) is 5.32 Å². The molecule has 21 heavy (non-hydrogen) atoms. The Hall–Kier alpha value is -1.20. The van der Waals surface area contributed by atoms with E-state index in [0.717, 1.165) is 17.0 Å². The second-order valence-electron chi connectivity index (χ2n) is 6.07. The molecule has 0 spiro atoms. The zero-order chi connectivity index (χ0) is 16.0. The number of nitrogens with one attached hydrogen (secondary N) is 2. The number of carbonyl (C=O) groups excluding carboxylic acids is 1. The first-order valence-electron chi connectivity index (χ1n) is 7.15. The van der Waals surface area contributed by atoms with Crippen molar-refractivity contribution in [2.75, 3.05) is 11.9 Å². The number of rotatable bonds is 6. The van der Waals surface area contributed by atoms with Crippen molar-refractivity contribution in [2.45, 2.75) is 51.2 Å². The minimum Gasteiger partial charge on any atom is -0.394 e. The van der Waals surface area contributed by atoms with E-state index < -0.39 is 5.54 Å². The third-order valence-electron chi connectivity index (χ3n) is 3.11. The lowest BCUT2D eigenvalue weighted by molar-refractivity contribution is 0.187. The smallest absolute Gasteiger partial charge is 0.319 e. The Bertz CT molecular complexity index is 487. The van der Waals surface area contributed by atoms with Crippen molar-refractivity contribution in [3.63, 3.8) is 0 Å². The number of benzene rings is 1. The summed E-state index contributed by atoms with van der Waals surface area (Å²) in [6.45, 7) is 9.80. The van der Waals surface area contributed by atoms with Crippen molar-refractivity contribution in [3.05, 3.63) is 29.3 Å². The number of aliphatic hydroxyl groups excluding tert-OH is 1. The quantitative estimate of drug-likeness (QED) is 0.753. The predicted octanol–water partition coefficient (Wildman–Crippen LogP) is 3.53. The van der Waals surface area contributed by atoms with Crippen molar-refractivity contribution in [1.29, 1.82) is 0 Å². The van der Waals surface area contributed by atoms with Crippen molar-refractivity contribution < 1.29 is 9.90 Å². The molecule has 0 bridgehead atoms. The molecule has 3 N–H and O–H groups in total. The predicted molar refractivity (Wildman–Crippen MR) is 90.9 cm³/mol. The summed E-state index contributed by atoms with van der Waals surface area (Å²) in [5.74, 6) is 0.933. The van der Waals surface area contributed by atoms with Crippen LogP contribution in [-0.2, 0) is 5.75 Å². The van der Waals surface area contributed by atoms with Gasteiger partial charge in [0.1, 0.15) is 0 Å². The Kier molecular flexibility index (Phi) is 6.55. The molecule has 0 heterocycles. The van der Waals surface area contributed by atoms with E-state index in [-0.39, 0.29) is 12.6 Å². The average molecular weight is 310 g/mol. The highest BCUT2D eigenvalue weighted by molar-refractivity contribution is 7.99. The largest absolute Gasteiger partial charge is 0.394 e. The van der Waals surface area contributed by atoms with Crippen LogP contribution in [0.3, 0.4) is 0 Å². The fraction of sp³-hybridized carbons (Fsp3) is 0.562. The van der Waals surface area contributed by atoms with Crippen LogP contribution in [0.15, 0.2) is 18.2 Å². The lowest BCUT2D eigenvalue weighted by Gasteiger charge is -2.24. The van der Waals surface area contributed by atoms with Gasteiger partial charge in [-0.2, -0.15) is 11.8 Å². The number of hydrogen-bond acceptors (Lipinski definition) is 3. The summed E-state index contributed by atoms with van der Waals surface area (Å²) in [4.78, 5) is 12.0. The van der Waals surface area contributed by atoms with E-state index in [0.29, 0.717) is 5.25 Å². The molecule has 1 aromatic rings. The molecule has 0 aliphatic rings. The maximum atomic E-state index is 12.0. The standard InChI is InChI=1S/C16H26N2O2S/c1-11(2)21-9-13-7-6-8-14(12(13)3)17-15(20)18-16(4,5)10-19/h6-8,11,19H,9-10H2,1-5H3,(H2,17,18,20). The van der Waals surface area contributed by atoms with Crippen LogP contribution in [0.4, 0.5) is 10.5 Å². The van der Waals surface area contributed by atoms with Gasteiger partial charge < -0.3 is 15.7 Å². The van der Waals surface area contributed by atoms with Gasteiger partial charge in [-0.25, -0.2) is 4.79 Å². The summed E-state index contributed by atoms with van der Waals surface area (Å²) in [6, 6.07) is 5.64. The van der Waals surface area contributed by atoms with Crippen LogP contribution >= 0.6 is 11.8 Å². The fourth-order valence-electron chi connectivity index (χ4n) is 1.73. The van der Waals surface area contributed by atoms with Crippen LogP contribution in [0.25, 0.3) is 0 Å². The molecule has 0 saturated heterocycles. The summed E-state index contributed by atoms with van der Waals surface area (Å²) < 4.78 is 0. The zero-order valence-electron chi connectivity index (χ0n) is 13.5. The summed E-state index contributed by atoms with van der Waals surface area (Å²) in [6.07, 6.45) is 0. The van der Waals surface area contributed by atoms with Gasteiger partial charge in [-0.05, 0) is 43.2 Å². The Labute approximate surface area is 131 Å². The van der Waals surface area contributed by atoms with Gasteiger partial charge in [0, 0.05) is 11.4 Å². The number of anilines is 1. The van der Waals surface area contributed by atoms with Gasteiger partial charge in [0.15, 0.2) is 0 Å². The molecule has 5 heteroatoms. The molecule has 0 aliphatic carbocycles. The van der Waals surface area contributed by atoms with Gasteiger partial charge in [0.2, 0.25) is 0 Å². The Morgan fingerprint density at radius 2 is 2.05 bits per heavy atom. The SMILES string of the molecule is Cc1c(CSC(C)C)cccc1NC(=O)NC(C)(C)CO. The van der Waals surface area contributed by atoms with Gasteiger partial charge in [0.25, 0.3) is 0 Å². The first kappa shape index (κ1) is 17.9. The minimum absolute atomic E-state index is 0.107. The van der Waals surface area contributed by atoms with E-state index in [1.54, 1.807) is 13.8 Å². The molecule has 4 nitrogen and oxygen atoms in total. The van der Waals surface area contributed by atoms with Crippen molar-refractivity contribution in [2.24, 2.45) is 0 Å². The molecule has 0 aliphatic heterocycles. The van der Waals surface area contributed by atoms with Gasteiger partial charge >= 0.3 is 6.03 Å². The molecular weight excluding hydrogens is 284 g/mol. The highest BCUT2D eigenvalue weighted by Gasteiger charge is 2.19. The summed E-state index contributed by atoms with van der Waals surface area (Å²) in [7, 11) is 0. The van der Waals surface area contributed by atoms with Crippen LogP contribution in [0.2, 0.25) is 0 Å². The molecule has 1 aromatic carbocycles. The topological polar surface area (TPSA) is 61.4 Å². The van der Waals surface area contributed by atoms with Gasteiger partial charge in [-0.1, -0.05) is 26.0 Å². The third kappa shape index (κ3) is 5.98. The zero-order valence-corrected chi connectivity index (χ0v) is 14.3. The maximum Gasteiger partial charge on any atom is 0.319 e. The number of thioether (sulfide) groups is 1. The monoisotopic (exact) mass is 310 g/mol. The van der Waals surface area contributed by atoms with Crippen molar-refractivity contribution >= 4 is 23.5 Å². The Balaban J connectivity index is 2.75. The van der Waals surface area contributed by atoms with E-state index in [9.17, 15) is 9.90 Å². The first-order valence-corrected chi connectivity index (χ1v) is 8.20. The highest BCUT2D eigenvalue weighted by Crippen LogP contribution is 2.24. The van der Waals surface area contributed by atoms with Crippen LogP contribution in [0, 0.1) is 6.92 Å². The lowest BCUT2D eigenvalue weighted by Crippen LogP contribution is -2.48. The van der Waals surface area contributed by atoms with Crippen LogP contribution in [-0.4, -0.2) is 28.5 Å². The maximum absolute atomic E-state index is 12.0. The molecule has 0 atom stereocenters. The fourth-order valence-corrected chi connectivity index (χ4v) is 2.56. The van der Waals surface area contributed by atoms with Crippen molar-refractivity contribution in [3.8, 4) is 0 Å². The molecule has 0 saturated carbocycles. The van der Waals surface area contributed by atoms with E-state index >= 15 is 0 Å². The molecule has 118 valence electrons. The average Bonchev–Trinajstić information content (AvgIpc) is 2.39. The summed E-state index contributed by atoms with van der Waals surface area (Å²) in [5, 5.41) is 15.4. The molecule has 2 amide bonds. The first-order chi connectivity index (χ1) is 9.75. The van der Waals surface area contributed by atoms with Crippen LogP contribution in [0.1, 0.15) is 38.8 Å². The number of aliphatic hydroxyl groups is 1. The van der Waals surface area contributed by atoms with Crippen LogP contribution < -0.4 is 10.6 Å². The highest BCUT2D eigenvalue weighted by atomic mass is 32.2. The summed E-state index contributed by atoms with van der Waals surface area (Å²) >= 11 is 1.88. The van der Waals surface area contributed by atoms with E-state index in [1.807, 2.05) is 30.8 Å². The summed E-state index contributed by atoms with van der Waals surface area (Å²) in [5.41, 5.74) is 2.49. The Morgan fingerprint density at radius 1 is 1.38 bits per heavy atom. The Morgan fingerprint density at radius 3 is 2.62 bits per heavy atom. The molecule has 0 radical (unpaired) electrons. The molecule has 1 rings (SSSR count). The molecule has 0 aromatic heterocycles. The van der Waals surface area contributed by atoms with E-state index in [2.05, 4.69) is 30.5 Å². The van der Waals surface area contributed by atoms with E-state index in [4.69, 9.17) is 0 Å². The minimum atomic E-state index is -0.636. The third-order valence-corrected chi connectivity index (χ3v) is 4.26. The molecule has 0 unspecified atom stereocenters. The van der Waals surface area contributed by atoms with Gasteiger partial charge in [-0.3, -0.25) is 0 Å². The second-order valence-corrected chi connectivity index (χ2v) is 7.64. The molecular formula is C16H26N2O2S.